The Morgan fingerprint density at radius 2 is 1.83 bits per heavy atom. The van der Waals surface area contributed by atoms with Gasteiger partial charge in [-0.3, -0.25) is 10.2 Å². The summed E-state index contributed by atoms with van der Waals surface area (Å²) in [7, 11) is 0. The second-order valence-corrected chi connectivity index (χ2v) is 7.32. The van der Waals surface area contributed by atoms with Crippen LogP contribution < -0.4 is 10.7 Å². The Labute approximate surface area is 180 Å². The fourth-order valence-electron chi connectivity index (χ4n) is 3.41. The third-order valence-corrected chi connectivity index (χ3v) is 5.08. The number of benzene rings is 2. The molecule has 8 heteroatoms. The van der Waals surface area contributed by atoms with Crippen LogP contribution in [0.3, 0.4) is 0 Å². The van der Waals surface area contributed by atoms with E-state index in [0.29, 0.717) is 31.4 Å². The molecule has 4 rings (SSSR count). The third kappa shape index (κ3) is 4.84. The number of nitrogens with zero attached hydrogens (tertiary/aromatic N) is 3. The van der Waals surface area contributed by atoms with E-state index in [4.69, 9.17) is 17.0 Å². The minimum absolute atomic E-state index is 0.0916. The van der Waals surface area contributed by atoms with Crippen LogP contribution in [0.1, 0.15) is 5.56 Å². The molecule has 0 bridgehead atoms. The lowest BCUT2D eigenvalue weighted by Gasteiger charge is -2.27. The number of nitrogens with one attached hydrogen (secondary N) is 2. The normalized spacial score (nSPS) is 14.2. The number of carbonyl (C=O) groups is 1. The van der Waals surface area contributed by atoms with Crippen molar-refractivity contribution in [2.45, 2.75) is 6.54 Å². The molecular weight excluding hydrogens is 398 g/mol. The van der Waals surface area contributed by atoms with Crippen LogP contribution in [0.4, 0.5) is 5.69 Å². The lowest BCUT2D eigenvalue weighted by molar-refractivity contribution is -0.135. The van der Waals surface area contributed by atoms with Crippen molar-refractivity contribution < 1.29 is 9.53 Å². The lowest BCUT2D eigenvalue weighted by atomic mass is 10.2. The number of hydrogen-bond donors (Lipinski definition) is 2. The van der Waals surface area contributed by atoms with Crippen LogP contribution in [0.2, 0.25) is 0 Å². The van der Waals surface area contributed by atoms with Crippen molar-refractivity contribution in [1.82, 2.24) is 14.9 Å². The highest BCUT2D eigenvalue weighted by atomic mass is 32.1. The Morgan fingerprint density at radius 1 is 1.10 bits per heavy atom. The first-order valence-corrected chi connectivity index (χ1v) is 10.2. The first-order valence-electron chi connectivity index (χ1n) is 9.79. The molecule has 0 aliphatic carbocycles. The molecule has 1 amide bonds. The highest BCUT2D eigenvalue weighted by Crippen LogP contribution is 2.20. The van der Waals surface area contributed by atoms with E-state index < -0.39 is 0 Å². The SMILES string of the molecule is O=C(Cn1cc(/C=N\NC(=S)Nc2ccccc2)c2ccccc21)N1CCOCC1. The highest BCUT2D eigenvalue weighted by Gasteiger charge is 2.18. The standard InChI is InChI=1S/C22H23N5O2S/c28-21(26-10-12-29-13-11-26)16-27-15-17(19-8-4-5-9-20(19)27)14-23-25-22(30)24-18-6-2-1-3-7-18/h1-9,14-15H,10-13,16H2,(H2,24,25,30)/b23-14-. The van der Waals surface area contributed by atoms with Gasteiger partial charge >= 0.3 is 0 Å². The van der Waals surface area contributed by atoms with E-state index in [-0.39, 0.29) is 12.5 Å². The van der Waals surface area contributed by atoms with Crippen LogP contribution in [0.15, 0.2) is 65.9 Å². The van der Waals surface area contributed by atoms with Crippen LogP contribution in [-0.2, 0) is 16.1 Å². The molecule has 1 aromatic heterocycles. The Morgan fingerprint density at radius 3 is 2.63 bits per heavy atom. The summed E-state index contributed by atoms with van der Waals surface area (Å²) in [5.41, 5.74) is 5.63. The smallest absolute Gasteiger partial charge is 0.242 e. The molecule has 0 spiro atoms. The molecule has 2 aromatic carbocycles. The predicted octanol–water partition coefficient (Wildman–Crippen LogP) is 2.82. The average Bonchev–Trinajstić information content (AvgIpc) is 3.12. The summed E-state index contributed by atoms with van der Waals surface area (Å²) in [5, 5.41) is 8.77. The summed E-state index contributed by atoms with van der Waals surface area (Å²) >= 11 is 5.28. The Kier molecular flexibility index (Phi) is 6.36. The second kappa shape index (κ2) is 9.51. The van der Waals surface area contributed by atoms with Gasteiger partial charge < -0.3 is 19.5 Å². The van der Waals surface area contributed by atoms with Crippen LogP contribution in [0.5, 0.6) is 0 Å². The zero-order valence-electron chi connectivity index (χ0n) is 16.5. The summed E-state index contributed by atoms with van der Waals surface area (Å²) in [6.45, 7) is 2.76. The van der Waals surface area contributed by atoms with E-state index in [1.165, 1.54) is 0 Å². The minimum atomic E-state index is 0.0916. The van der Waals surface area contributed by atoms with Gasteiger partial charge in [-0.1, -0.05) is 36.4 Å². The van der Waals surface area contributed by atoms with Crippen molar-refractivity contribution in [2.24, 2.45) is 5.10 Å². The molecule has 1 saturated heterocycles. The number of rotatable bonds is 5. The number of thiocarbonyl (C=S) groups is 1. The van der Waals surface area contributed by atoms with Gasteiger partial charge in [0.25, 0.3) is 0 Å². The van der Waals surface area contributed by atoms with Crippen molar-refractivity contribution in [2.75, 3.05) is 31.6 Å². The monoisotopic (exact) mass is 421 g/mol. The molecule has 7 nitrogen and oxygen atoms in total. The topological polar surface area (TPSA) is 70.9 Å². The molecule has 3 aromatic rings. The molecule has 0 saturated carbocycles. The van der Waals surface area contributed by atoms with Crippen molar-refractivity contribution in [1.29, 1.82) is 0 Å². The minimum Gasteiger partial charge on any atom is -0.378 e. The molecule has 1 aliphatic heterocycles. The largest absolute Gasteiger partial charge is 0.378 e. The first-order chi connectivity index (χ1) is 14.7. The van der Waals surface area contributed by atoms with E-state index in [2.05, 4.69) is 15.8 Å². The average molecular weight is 422 g/mol. The van der Waals surface area contributed by atoms with E-state index in [9.17, 15) is 4.79 Å². The van der Waals surface area contributed by atoms with Gasteiger partial charge in [-0.25, -0.2) is 0 Å². The van der Waals surface area contributed by atoms with E-state index in [1.54, 1.807) is 6.21 Å². The lowest BCUT2D eigenvalue weighted by Crippen LogP contribution is -2.42. The summed E-state index contributed by atoms with van der Waals surface area (Å²) in [6.07, 6.45) is 3.67. The zero-order chi connectivity index (χ0) is 20.8. The van der Waals surface area contributed by atoms with Crippen molar-refractivity contribution in [3.8, 4) is 0 Å². The summed E-state index contributed by atoms with van der Waals surface area (Å²) in [5.74, 6) is 0.0916. The van der Waals surface area contributed by atoms with Crippen molar-refractivity contribution in [3.05, 3.63) is 66.4 Å². The number of ether oxygens (including phenoxy) is 1. The summed E-state index contributed by atoms with van der Waals surface area (Å²) in [6, 6.07) is 17.6. The molecule has 1 aliphatic rings. The van der Waals surface area contributed by atoms with Gasteiger partial charge in [0.2, 0.25) is 5.91 Å². The maximum atomic E-state index is 12.7. The van der Waals surface area contributed by atoms with Crippen LogP contribution in [0.25, 0.3) is 10.9 Å². The predicted molar refractivity (Wildman–Crippen MR) is 123 cm³/mol. The van der Waals surface area contributed by atoms with Crippen LogP contribution in [-0.4, -0.2) is 53.0 Å². The van der Waals surface area contributed by atoms with Gasteiger partial charge in [0.1, 0.15) is 6.54 Å². The third-order valence-electron chi connectivity index (χ3n) is 4.89. The van der Waals surface area contributed by atoms with Crippen molar-refractivity contribution >= 4 is 46.0 Å². The molecule has 0 unspecified atom stereocenters. The van der Waals surface area contributed by atoms with Gasteiger partial charge in [-0.15, -0.1) is 0 Å². The van der Waals surface area contributed by atoms with E-state index in [1.807, 2.05) is 70.3 Å². The second-order valence-electron chi connectivity index (χ2n) is 6.91. The molecule has 0 radical (unpaired) electrons. The van der Waals surface area contributed by atoms with Crippen LogP contribution in [0, 0.1) is 0 Å². The maximum absolute atomic E-state index is 12.7. The highest BCUT2D eigenvalue weighted by molar-refractivity contribution is 7.80. The quantitative estimate of drug-likeness (QED) is 0.377. The number of para-hydroxylation sites is 2. The van der Waals surface area contributed by atoms with Crippen molar-refractivity contribution in [3.63, 3.8) is 0 Å². The van der Waals surface area contributed by atoms with Gasteiger partial charge in [0.05, 0.1) is 19.4 Å². The Bertz CT molecular complexity index is 1060. The number of hydrogen-bond acceptors (Lipinski definition) is 4. The summed E-state index contributed by atoms with van der Waals surface area (Å²) in [4.78, 5) is 14.5. The number of carbonyl (C=O) groups excluding carboxylic acids is 1. The number of anilines is 1. The number of fused-ring (bicyclic) bond motifs is 1. The van der Waals surface area contributed by atoms with E-state index >= 15 is 0 Å². The van der Waals surface area contributed by atoms with Gasteiger partial charge in [0, 0.05) is 41.4 Å². The molecule has 1 fully saturated rings. The Hall–Kier alpha value is -3.23. The fourth-order valence-corrected chi connectivity index (χ4v) is 3.58. The molecule has 0 atom stereocenters. The van der Waals surface area contributed by atoms with Gasteiger partial charge in [-0.05, 0) is 30.4 Å². The fraction of sp³-hybridized carbons (Fsp3) is 0.227. The van der Waals surface area contributed by atoms with Crippen LogP contribution >= 0.6 is 12.2 Å². The maximum Gasteiger partial charge on any atom is 0.242 e. The molecule has 30 heavy (non-hydrogen) atoms. The van der Waals surface area contributed by atoms with Gasteiger partial charge in [0.15, 0.2) is 5.11 Å². The molecule has 2 heterocycles. The molecule has 2 N–H and O–H groups in total. The number of amides is 1. The summed E-state index contributed by atoms with van der Waals surface area (Å²) < 4.78 is 7.30. The zero-order valence-corrected chi connectivity index (χ0v) is 17.3. The number of hydrazone groups is 1. The molecule has 154 valence electrons. The van der Waals surface area contributed by atoms with E-state index in [0.717, 1.165) is 22.2 Å². The number of aromatic nitrogens is 1. The number of morpholine rings is 1. The molecular formula is C22H23N5O2S. The van der Waals surface area contributed by atoms with Gasteiger partial charge in [-0.2, -0.15) is 5.10 Å². The Balaban J connectivity index is 1.45. The first kappa shape index (κ1) is 20.1.